The number of aromatic nitrogens is 12. The van der Waals surface area contributed by atoms with Crippen LogP contribution in [-0.4, -0.2) is 243 Å². The predicted molar refractivity (Wildman–Crippen MR) is 407 cm³/mol. The Labute approximate surface area is 656 Å². The van der Waals surface area contributed by atoms with Crippen molar-refractivity contribution in [3.8, 4) is 0 Å². The highest BCUT2D eigenvalue weighted by molar-refractivity contribution is 6.56. The Kier molecular flexibility index (Phi) is 28.1. The van der Waals surface area contributed by atoms with Crippen LogP contribution < -0.4 is 56.2 Å². The molecule has 6 saturated heterocycles. The van der Waals surface area contributed by atoms with Gasteiger partial charge in [-0.2, -0.15) is 0 Å². The number of halogens is 2. The topological polar surface area (TPSA) is 627 Å². The van der Waals surface area contributed by atoms with Gasteiger partial charge < -0.3 is 135 Å². The highest BCUT2D eigenvalue weighted by Gasteiger charge is 2.58. The highest BCUT2D eigenvalue weighted by atomic mass is 35.5. The molecule has 0 aromatic carbocycles. The van der Waals surface area contributed by atoms with E-state index in [9.17, 15) is 63.9 Å². The summed E-state index contributed by atoms with van der Waals surface area (Å²) in [5.41, 5.74) is 31.4. The molecule has 620 valence electrons. The van der Waals surface area contributed by atoms with E-state index in [0.29, 0.717) is 49.8 Å². The van der Waals surface area contributed by atoms with Gasteiger partial charge in [-0.05, 0) is 46.5 Å². The molecule has 8 aromatic heterocycles. The number of nitrogen functional groups attached to an aromatic ring is 4. The Morgan fingerprint density at radius 3 is 1.12 bits per heavy atom. The van der Waals surface area contributed by atoms with Crippen LogP contribution in [0.1, 0.15) is 116 Å². The summed E-state index contributed by atoms with van der Waals surface area (Å²) in [6.07, 6.45) is -6.19. The third-order valence-corrected chi connectivity index (χ3v) is 19.1. The number of aliphatic hydroxyl groups excluding tert-OH is 6. The molecule has 6 fully saturated rings. The van der Waals surface area contributed by atoms with Crippen molar-refractivity contribution in [1.29, 1.82) is 0 Å². The van der Waals surface area contributed by atoms with Crippen molar-refractivity contribution in [3.05, 3.63) is 88.5 Å². The number of aromatic amines is 4. The maximum atomic E-state index is 12.7. The lowest BCUT2D eigenvalue weighted by molar-refractivity contribution is -0.194. The smallest absolute Gasteiger partial charge is 0.328 e. The van der Waals surface area contributed by atoms with Gasteiger partial charge in [-0.15, -0.1) is 24.8 Å². The maximum Gasteiger partial charge on any atom is 0.328 e. The van der Waals surface area contributed by atoms with Gasteiger partial charge in [0.05, 0.1) is 18.9 Å². The van der Waals surface area contributed by atoms with Crippen molar-refractivity contribution in [2.45, 2.75) is 191 Å². The number of ether oxygens (including phenoxy) is 10. The van der Waals surface area contributed by atoms with Crippen LogP contribution in [0, 0.1) is 11.8 Å². The Morgan fingerprint density at radius 1 is 0.496 bits per heavy atom. The van der Waals surface area contributed by atoms with E-state index in [2.05, 4.69) is 53.0 Å². The number of anilines is 4. The van der Waals surface area contributed by atoms with Crippen LogP contribution >= 0.6 is 24.8 Å². The summed E-state index contributed by atoms with van der Waals surface area (Å²) in [7, 11) is 11.3. The molecule has 8 aromatic rings. The van der Waals surface area contributed by atoms with Gasteiger partial charge >= 0.3 is 11.9 Å². The molecule has 21 N–H and O–H groups in total. The number of carbonyl (C=O) groups excluding carboxylic acids is 4. The fourth-order valence-electron chi connectivity index (χ4n) is 14.2. The van der Waals surface area contributed by atoms with Gasteiger partial charge in [0.2, 0.25) is 29.7 Å². The number of aryl methyl sites for hydroxylation is 4. The minimum atomic E-state index is -1.31. The van der Waals surface area contributed by atoms with Crippen LogP contribution in [-0.2, 0) is 94.7 Å². The van der Waals surface area contributed by atoms with E-state index >= 15 is 0 Å². The van der Waals surface area contributed by atoms with E-state index in [0.717, 1.165) is 0 Å². The Balaban J connectivity index is 0.000000187. The molecule has 6 aliphatic rings. The maximum absolute atomic E-state index is 12.7. The number of amides is 1. The molecule has 45 heteroatoms. The highest BCUT2D eigenvalue weighted by Crippen LogP contribution is 2.49. The Morgan fingerprint density at radius 2 is 0.788 bits per heavy atom. The molecule has 14 rings (SSSR count). The lowest BCUT2D eigenvalue weighted by Gasteiger charge is -2.25. The van der Waals surface area contributed by atoms with Gasteiger partial charge in [-0.3, -0.25) is 48.7 Å². The molecule has 0 bridgehead atoms. The summed E-state index contributed by atoms with van der Waals surface area (Å²) in [5.74, 6) is -3.50. The second kappa shape index (κ2) is 35.4. The number of aliphatic hydroxyl groups is 6. The van der Waals surface area contributed by atoms with Crippen molar-refractivity contribution in [1.82, 2.24) is 63.5 Å². The van der Waals surface area contributed by atoms with Crippen LogP contribution in [0.5, 0.6) is 0 Å². The molecule has 14 heterocycles. The van der Waals surface area contributed by atoms with Crippen molar-refractivity contribution in [2.24, 2.45) is 45.8 Å². The lowest BCUT2D eigenvalue weighted by atomic mass is 10.0. The van der Waals surface area contributed by atoms with Crippen molar-refractivity contribution >= 4 is 124 Å². The molecule has 0 aliphatic carbocycles. The van der Waals surface area contributed by atoms with Crippen molar-refractivity contribution < 1.29 is 97.2 Å². The van der Waals surface area contributed by atoms with Gasteiger partial charge in [0.25, 0.3) is 22.2 Å². The number of hydrogen-bond donors (Lipinski definition) is 16. The first-order valence-corrected chi connectivity index (χ1v) is 35.2. The quantitative estimate of drug-likeness (QED) is 0.0369. The molecular formula is C68H97BCl2N18O24. The summed E-state index contributed by atoms with van der Waals surface area (Å²) in [6.45, 7) is 16.1. The van der Waals surface area contributed by atoms with Crippen LogP contribution in [0.15, 0.2) is 44.0 Å². The molecular weight excluding hydrogens is 1530 g/mol. The average molecular weight is 1630 g/mol. The van der Waals surface area contributed by atoms with Gasteiger partial charge in [-0.25, -0.2) is 24.7 Å². The number of H-pyrrole nitrogens is 4. The second-order valence-corrected chi connectivity index (χ2v) is 29.3. The first kappa shape index (κ1) is 89.6. The van der Waals surface area contributed by atoms with E-state index in [4.69, 9.17) is 81.1 Å². The molecule has 42 nitrogen and oxygen atoms in total. The SMILES string of the molecule is CC(=O)N[C@H](C(=O)OC[C@H]1O[C@@H](c2cn(C)c3c(=O)[nH]c(N)nc23)[C@@H]2OC(C)(C)O[C@@H]21)C(C)C.CC(C)[C@H](N)C(=O)OC[C@H]1O[C@@H](c2cn(C)c3c(=O)[nH]c(N)nc23)[C@H](O)[C@@H]1O.Cl.Cl.Cn1cc([C@@H]2O[C@H](CO)[C@@H](O)[C@H]2O)c2nc(N)[nH]c(=O)c21.Cn1cc([C@@H]2O[C@H](CO)[C@H]3OC(C)(C)O[C@H]32)c2nc(N)[nH]c(=O)c21.[B]C(C)=O. The van der Waals surface area contributed by atoms with Crippen LogP contribution in [0.25, 0.3) is 44.1 Å². The number of rotatable bonds is 15. The zero-order valence-electron chi connectivity index (χ0n) is 64.1. The van der Waals surface area contributed by atoms with Crippen molar-refractivity contribution in [2.75, 3.05) is 49.4 Å². The number of nitrogens with two attached hydrogens (primary N) is 5. The summed E-state index contributed by atoms with van der Waals surface area (Å²) in [4.78, 5) is 121. The number of hydrogen-bond acceptors (Lipinski definition) is 33. The first-order chi connectivity index (χ1) is 52.0. The zero-order valence-corrected chi connectivity index (χ0v) is 65.7. The molecule has 1 amide bonds. The average Bonchev–Trinajstić information content (AvgIpc) is 1.62. The van der Waals surface area contributed by atoms with E-state index in [1.165, 1.54) is 18.4 Å². The molecule has 0 spiro atoms. The van der Waals surface area contributed by atoms with E-state index in [1.54, 1.807) is 94.4 Å². The Bertz CT molecular complexity index is 5040. The second-order valence-electron chi connectivity index (χ2n) is 29.3. The standard InChI is InChI=1S/C22H31N5O7.C17H25N5O6.C15H20N4O5.C12H16N4O5.C2H3BO.2ClH/c1-9(2)13(24-10(3)28)20(30)31-8-12-17-18(34-22(4,5)33-17)16(32-12)11-7-27(6)15-14(11)25-21(23)26-19(15)29;1-6(2)9(18)16(26)27-5-8-12(23)13(24)14(28-8)7-4-22(3)11-10(7)20-17(19)21-15(11)25;1-15(2)23-11-7(5-20)22-10(12(11)24-15)6-4-19(3)9-8(6)17-14(16)18-13(9)21;1-16-2-4(6-7(16)11(20)15-12(13)14-6)10-9(19)8(18)5(3-17)21-10;1-2(3)4;;/h7,9,12-13,16-18H,8H2,1-6H3,(H,24,28)(H3,23,25,26,29);4,6,8-9,12-14,23-24H,5,18H2,1-3H3,(H3,19,20,21,25);4,7,10-12,20H,5H2,1-3H3,(H3,16,17,18,21);2,5,8-10,17-19H,3H2,1H3,(H3,13,14,15,20);1H3;2*1H/t12-,13+,16+,17-,18+;8-,9+,12-,13-,14+;7-,10+,11-,12+;5-,8-,9-,10+;;;/m1111.../s1. The van der Waals surface area contributed by atoms with Crippen LogP contribution in [0.4, 0.5) is 23.8 Å². The number of fused-ring (bicyclic) bond motifs is 6. The molecule has 6 aliphatic heterocycles. The van der Waals surface area contributed by atoms with Crippen molar-refractivity contribution in [3.63, 3.8) is 0 Å². The summed E-state index contributed by atoms with van der Waals surface area (Å²) < 4.78 is 64.6. The number of nitrogens with zero attached hydrogens (tertiary/aromatic N) is 8. The van der Waals surface area contributed by atoms with Gasteiger partial charge in [0.15, 0.2) is 19.4 Å². The fourth-order valence-corrected chi connectivity index (χ4v) is 14.2. The summed E-state index contributed by atoms with van der Waals surface area (Å²) >= 11 is 0. The predicted octanol–water partition coefficient (Wildman–Crippen LogP) is -2.62. The molecule has 18 atom stereocenters. The number of carbonyl (C=O) groups is 4. The van der Waals surface area contributed by atoms with Crippen LogP contribution in [0.2, 0.25) is 0 Å². The number of nitrogens with one attached hydrogen (secondary N) is 5. The third-order valence-electron chi connectivity index (χ3n) is 19.1. The fraction of sp³-hybridized carbons (Fsp3) is 0.588. The minimum absolute atomic E-state index is 0. The molecule has 2 radical (unpaired) electrons. The minimum Gasteiger partial charge on any atom is -0.462 e. The van der Waals surface area contributed by atoms with E-state index in [-0.39, 0.29) is 126 Å². The molecule has 0 unspecified atom stereocenters. The molecule has 0 saturated carbocycles. The summed E-state index contributed by atoms with van der Waals surface area (Å²) in [6, 6.07) is -1.57. The van der Waals surface area contributed by atoms with E-state index in [1.807, 2.05) is 27.7 Å². The Hall–Kier alpha value is -9.00. The largest absolute Gasteiger partial charge is 0.462 e. The molecule has 113 heavy (non-hydrogen) atoms. The van der Waals surface area contributed by atoms with Crippen LogP contribution in [0.3, 0.4) is 0 Å². The normalized spacial score (nSPS) is 26.9. The third kappa shape index (κ3) is 18.7. The zero-order chi connectivity index (χ0) is 81.8. The summed E-state index contributed by atoms with van der Waals surface area (Å²) in [5, 5.41) is 62.0. The van der Waals surface area contributed by atoms with Gasteiger partial charge in [0.1, 0.15) is 167 Å². The lowest BCUT2D eigenvalue weighted by Crippen LogP contribution is -2.45. The number of esters is 2. The van der Waals surface area contributed by atoms with Gasteiger partial charge in [0, 0.05) is 82.2 Å². The first-order valence-electron chi connectivity index (χ1n) is 35.2. The van der Waals surface area contributed by atoms with E-state index < -0.39 is 145 Å². The monoisotopic (exact) mass is 1630 g/mol. The van der Waals surface area contributed by atoms with Gasteiger partial charge in [-0.1, -0.05) is 27.7 Å².